The van der Waals surface area contributed by atoms with Crippen molar-refractivity contribution in [2.45, 2.75) is 13.5 Å². The van der Waals surface area contributed by atoms with Gasteiger partial charge in [0.1, 0.15) is 12.9 Å². The van der Waals surface area contributed by atoms with Crippen molar-refractivity contribution in [3.8, 4) is 5.69 Å². The van der Waals surface area contributed by atoms with Crippen LogP contribution in [-0.4, -0.2) is 21.4 Å². The standard InChI is InChI=1S/C11H12ClN3O/c1-2-16-7-11-14-13-8-15(11)10-5-3-9(12)4-6-10/h3-6,8H,2,7H2,1H3. The molecule has 1 aromatic heterocycles. The van der Waals surface area contributed by atoms with Crippen LogP contribution in [0.3, 0.4) is 0 Å². The minimum absolute atomic E-state index is 0.457. The van der Waals surface area contributed by atoms with E-state index in [2.05, 4.69) is 10.2 Å². The summed E-state index contributed by atoms with van der Waals surface area (Å²) in [4.78, 5) is 0. The lowest BCUT2D eigenvalue weighted by atomic mass is 10.3. The van der Waals surface area contributed by atoms with Crippen molar-refractivity contribution in [3.63, 3.8) is 0 Å². The fourth-order valence-corrected chi connectivity index (χ4v) is 1.49. The van der Waals surface area contributed by atoms with Crippen LogP contribution in [0, 0.1) is 0 Å². The molecule has 4 nitrogen and oxygen atoms in total. The van der Waals surface area contributed by atoms with Crippen molar-refractivity contribution in [2.24, 2.45) is 0 Å². The van der Waals surface area contributed by atoms with Gasteiger partial charge in [-0.15, -0.1) is 10.2 Å². The molecule has 0 fully saturated rings. The molecule has 0 radical (unpaired) electrons. The molecule has 5 heteroatoms. The third-order valence-corrected chi connectivity index (χ3v) is 2.41. The monoisotopic (exact) mass is 237 g/mol. The summed E-state index contributed by atoms with van der Waals surface area (Å²) in [6, 6.07) is 7.50. The fourth-order valence-electron chi connectivity index (χ4n) is 1.37. The average molecular weight is 238 g/mol. The number of aromatic nitrogens is 3. The van der Waals surface area contributed by atoms with Crippen LogP contribution in [0.2, 0.25) is 5.02 Å². The fraction of sp³-hybridized carbons (Fsp3) is 0.273. The van der Waals surface area contributed by atoms with Crippen molar-refractivity contribution in [2.75, 3.05) is 6.61 Å². The van der Waals surface area contributed by atoms with Crippen LogP contribution in [0.15, 0.2) is 30.6 Å². The minimum atomic E-state index is 0.457. The summed E-state index contributed by atoms with van der Waals surface area (Å²) in [7, 11) is 0. The van der Waals surface area contributed by atoms with E-state index >= 15 is 0 Å². The molecular formula is C11H12ClN3O. The lowest BCUT2D eigenvalue weighted by Gasteiger charge is -2.06. The lowest BCUT2D eigenvalue weighted by molar-refractivity contribution is 0.127. The van der Waals surface area contributed by atoms with E-state index in [9.17, 15) is 0 Å². The summed E-state index contributed by atoms with van der Waals surface area (Å²) in [6.07, 6.45) is 1.66. The molecule has 84 valence electrons. The maximum Gasteiger partial charge on any atom is 0.163 e. The first kappa shape index (κ1) is 11.1. The summed E-state index contributed by atoms with van der Waals surface area (Å²) in [5.74, 6) is 0.782. The number of rotatable bonds is 4. The molecule has 0 spiro atoms. The number of benzene rings is 1. The predicted octanol–water partition coefficient (Wildman–Crippen LogP) is 2.46. The molecule has 0 amide bonds. The quantitative estimate of drug-likeness (QED) is 0.820. The number of hydrogen-bond acceptors (Lipinski definition) is 3. The molecule has 0 unspecified atom stereocenters. The van der Waals surface area contributed by atoms with Gasteiger partial charge in [0.05, 0.1) is 0 Å². The Morgan fingerprint density at radius 3 is 2.75 bits per heavy atom. The first-order valence-corrected chi connectivity index (χ1v) is 5.41. The SMILES string of the molecule is CCOCc1nncn1-c1ccc(Cl)cc1. The average Bonchev–Trinajstić information content (AvgIpc) is 2.75. The Kier molecular flexibility index (Phi) is 3.54. The molecular weight excluding hydrogens is 226 g/mol. The van der Waals surface area contributed by atoms with Gasteiger partial charge in [-0.25, -0.2) is 0 Å². The Bertz CT molecular complexity index is 453. The molecule has 0 aliphatic carbocycles. The van der Waals surface area contributed by atoms with Gasteiger partial charge in [-0.3, -0.25) is 4.57 Å². The maximum absolute atomic E-state index is 5.83. The maximum atomic E-state index is 5.83. The van der Waals surface area contributed by atoms with Gasteiger partial charge in [0.15, 0.2) is 5.82 Å². The molecule has 0 bridgehead atoms. The van der Waals surface area contributed by atoms with Crippen molar-refractivity contribution < 1.29 is 4.74 Å². The normalized spacial score (nSPS) is 10.6. The van der Waals surface area contributed by atoms with E-state index < -0.39 is 0 Å². The van der Waals surface area contributed by atoms with E-state index in [1.807, 2.05) is 35.8 Å². The van der Waals surface area contributed by atoms with E-state index in [-0.39, 0.29) is 0 Å². The van der Waals surface area contributed by atoms with Crippen molar-refractivity contribution in [1.29, 1.82) is 0 Å². The van der Waals surface area contributed by atoms with Crippen LogP contribution in [0.25, 0.3) is 5.69 Å². The van der Waals surface area contributed by atoms with Gasteiger partial charge in [0.25, 0.3) is 0 Å². The molecule has 0 saturated heterocycles. The number of halogens is 1. The van der Waals surface area contributed by atoms with Crippen molar-refractivity contribution in [3.05, 3.63) is 41.4 Å². The van der Waals surface area contributed by atoms with Gasteiger partial charge in [0, 0.05) is 17.3 Å². The highest BCUT2D eigenvalue weighted by Gasteiger charge is 2.05. The van der Waals surface area contributed by atoms with Gasteiger partial charge in [-0.05, 0) is 31.2 Å². The number of ether oxygens (including phenoxy) is 1. The highest BCUT2D eigenvalue weighted by molar-refractivity contribution is 6.30. The Labute approximate surface area is 98.8 Å². The molecule has 0 N–H and O–H groups in total. The van der Waals surface area contributed by atoms with Crippen LogP contribution in [0.1, 0.15) is 12.7 Å². The zero-order chi connectivity index (χ0) is 11.4. The second-order valence-electron chi connectivity index (χ2n) is 3.23. The molecule has 1 aromatic carbocycles. The molecule has 1 heterocycles. The van der Waals surface area contributed by atoms with E-state index in [1.54, 1.807) is 6.33 Å². The van der Waals surface area contributed by atoms with Crippen LogP contribution in [0.4, 0.5) is 0 Å². The minimum Gasteiger partial charge on any atom is -0.374 e. The summed E-state index contributed by atoms with van der Waals surface area (Å²) < 4.78 is 7.20. The smallest absolute Gasteiger partial charge is 0.163 e. The summed E-state index contributed by atoms with van der Waals surface area (Å²) in [5, 5.41) is 8.59. The Hall–Kier alpha value is -1.39. The van der Waals surface area contributed by atoms with Crippen molar-refractivity contribution in [1.82, 2.24) is 14.8 Å². The van der Waals surface area contributed by atoms with Gasteiger partial charge in [-0.2, -0.15) is 0 Å². The number of nitrogens with zero attached hydrogens (tertiary/aromatic N) is 3. The largest absolute Gasteiger partial charge is 0.374 e. The Morgan fingerprint density at radius 2 is 2.06 bits per heavy atom. The summed E-state index contributed by atoms with van der Waals surface area (Å²) in [5.41, 5.74) is 0.976. The molecule has 0 atom stereocenters. The highest BCUT2D eigenvalue weighted by Crippen LogP contribution is 2.14. The summed E-state index contributed by atoms with van der Waals surface area (Å²) in [6.45, 7) is 3.07. The van der Waals surface area contributed by atoms with E-state index in [4.69, 9.17) is 16.3 Å². The first-order chi connectivity index (χ1) is 7.81. The molecule has 2 aromatic rings. The zero-order valence-electron chi connectivity index (χ0n) is 8.93. The van der Waals surface area contributed by atoms with Crippen molar-refractivity contribution >= 4 is 11.6 Å². The third kappa shape index (κ3) is 2.40. The zero-order valence-corrected chi connectivity index (χ0v) is 9.68. The summed E-state index contributed by atoms with van der Waals surface area (Å²) >= 11 is 5.83. The van der Waals surface area contributed by atoms with Crippen LogP contribution < -0.4 is 0 Å². The highest BCUT2D eigenvalue weighted by atomic mass is 35.5. The number of hydrogen-bond donors (Lipinski definition) is 0. The van der Waals surface area contributed by atoms with Gasteiger partial charge in [0.2, 0.25) is 0 Å². The lowest BCUT2D eigenvalue weighted by Crippen LogP contribution is -2.02. The Morgan fingerprint density at radius 1 is 1.31 bits per heavy atom. The van der Waals surface area contributed by atoms with E-state index in [0.717, 1.165) is 11.5 Å². The molecule has 2 rings (SSSR count). The second-order valence-corrected chi connectivity index (χ2v) is 3.67. The van der Waals surface area contributed by atoms with Crippen LogP contribution in [-0.2, 0) is 11.3 Å². The first-order valence-electron chi connectivity index (χ1n) is 5.04. The predicted molar refractivity (Wildman–Crippen MR) is 61.7 cm³/mol. The Balaban J connectivity index is 2.26. The van der Waals surface area contributed by atoms with E-state index in [0.29, 0.717) is 18.2 Å². The molecule has 0 aliphatic heterocycles. The van der Waals surface area contributed by atoms with Gasteiger partial charge in [-0.1, -0.05) is 11.6 Å². The van der Waals surface area contributed by atoms with Crippen LogP contribution >= 0.6 is 11.6 Å². The topological polar surface area (TPSA) is 39.9 Å². The molecule has 0 aliphatic rings. The van der Waals surface area contributed by atoms with Crippen LogP contribution in [0.5, 0.6) is 0 Å². The van der Waals surface area contributed by atoms with Gasteiger partial charge >= 0.3 is 0 Å². The molecule has 16 heavy (non-hydrogen) atoms. The second kappa shape index (κ2) is 5.09. The van der Waals surface area contributed by atoms with Gasteiger partial charge < -0.3 is 4.74 Å². The third-order valence-electron chi connectivity index (χ3n) is 2.16. The van der Waals surface area contributed by atoms with E-state index in [1.165, 1.54) is 0 Å². The molecule has 0 saturated carbocycles.